The van der Waals surface area contributed by atoms with Crippen molar-refractivity contribution in [1.29, 1.82) is 0 Å². The van der Waals surface area contributed by atoms with Gasteiger partial charge in [0.1, 0.15) is 0 Å². The van der Waals surface area contributed by atoms with Gasteiger partial charge < -0.3 is 5.73 Å². The van der Waals surface area contributed by atoms with Crippen LogP contribution in [-0.4, -0.2) is 0 Å². The molecule has 1 nitrogen and oxygen atoms in total. The Morgan fingerprint density at radius 2 is 1.89 bits per heavy atom. The smallest absolute Gasteiger partial charge is 0.0438 e. The maximum absolute atomic E-state index is 6.29. The molecule has 0 spiro atoms. The molecule has 0 aliphatic heterocycles. The Morgan fingerprint density at radius 1 is 1.17 bits per heavy atom. The topological polar surface area (TPSA) is 26.0 Å². The lowest BCUT2D eigenvalue weighted by Crippen LogP contribution is -2.15. The molecule has 0 aromatic heterocycles. The second-order valence-corrected chi connectivity index (χ2v) is 5.62. The van der Waals surface area contributed by atoms with Crippen molar-refractivity contribution in [3.05, 3.63) is 68.7 Å². The highest BCUT2D eigenvalue weighted by molar-refractivity contribution is 9.10. The van der Waals surface area contributed by atoms with Gasteiger partial charge in [-0.15, -0.1) is 0 Å². The van der Waals surface area contributed by atoms with Crippen molar-refractivity contribution < 1.29 is 0 Å². The molecular weight excluding hydrogens is 310 g/mol. The van der Waals surface area contributed by atoms with Crippen molar-refractivity contribution >= 4 is 27.5 Å². The van der Waals surface area contributed by atoms with E-state index in [4.69, 9.17) is 17.3 Å². The second-order valence-electron chi connectivity index (χ2n) is 4.36. The molecule has 0 bridgehead atoms. The van der Waals surface area contributed by atoms with Gasteiger partial charge in [0, 0.05) is 15.5 Å². The SMILES string of the molecule is Cc1c(Cl)cccc1C(N)Cc1ccccc1Br. The van der Waals surface area contributed by atoms with Crippen LogP contribution in [0.25, 0.3) is 0 Å². The molecule has 94 valence electrons. The lowest BCUT2D eigenvalue weighted by Gasteiger charge is -2.16. The third kappa shape index (κ3) is 2.94. The summed E-state index contributed by atoms with van der Waals surface area (Å²) in [6.45, 7) is 2.01. The van der Waals surface area contributed by atoms with Crippen molar-refractivity contribution in [3.63, 3.8) is 0 Å². The molecule has 0 aliphatic carbocycles. The zero-order valence-electron chi connectivity index (χ0n) is 10.2. The van der Waals surface area contributed by atoms with Gasteiger partial charge in [0.25, 0.3) is 0 Å². The first-order valence-electron chi connectivity index (χ1n) is 5.83. The minimum Gasteiger partial charge on any atom is -0.324 e. The van der Waals surface area contributed by atoms with Gasteiger partial charge in [0.15, 0.2) is 0 Å². The van der Waals surface area contributed by atoms with Crippen LogP contribution < -0.4 is 5.73 Å². The highest BCUT2D eigenvalue weighted by Gasteiger charge is 2.12. The molecule has 0 saturated heterocycles. The standard InChI is InChI=1S/C15H15BrClN/c1-10-12(6-4-8-14(10)17)15(18)9-11-5-2-3-7-13(11)16/h2-8,15H,9,18H2,1H3. The van der Waals surface area contributed by atoms with E-state index in [-0.39, 0.29) is 6.04 Å². The maximum Gasteiger partial charge on any atom is 0.0438 e. The Labute approximate surface area is 121 Å². The summed E-state index contributed by atoms with van der Waals surface area (Å²) in [5.41, 5.74) is 9.68. The Bertz CT molecular complexity index is 554. The number of hydrogen-bond acceptors (Lipinski definition) is 1. The zero-order valence-corrected chi connectivity index (χ0v) is 12.5. The summed E-state index contributed by atoms with van der Waals surface area (Å²) in [6.07, 6.45) is 0.794. The van der Waals surface area contributed by atoms with E-state index in [2.05, 4.69) is 22.0 Å². The van der Waals surface area contributed by atoms with Crippen LogP contribution in [0.15, 0.2) is 46.9 Å². The molecular formula is C15H15BrClN. The summed E-state index contributed by atoms with van der Waals surface area (Å²) in [5.74, 6) is 0. The van der Waals surface area contributed by atoms with Gasteiger partial charge in [-0.05, 0) is 42.2 Å². The van der Waals surface area contributed by atoms with Crippen molar-refractivity contribution in [2.75, 3.05) is 0 Å². The molecule has 1 unspecified atom stereocenters. The van der Waals surface area contributed by atoms with Gasteiger partial charge in [-0.25, -0.2) is 0 Å². The Kier molecular flexibility index (Phi) is 4.44. The molecule has 0 radical (unpaired) electrons. The molecule has 2 N–H and O–H groups in total. The molecule has 0 heterocycles. The van der Waals surface area contributed by atoms with E-state index in [1.54, 1.807) is 0 Å². The molecule has 1 atom stereocenters. The van der Waals surface area contributed by atoms with E-state index in [1.807, 2.05) is 43.3 Å². The van der Waals surface area contributed by atoms with E-state index < -0.39 is 0 Å². The number of hydrogen-bond donors (Lipinski definition) is 1. The van der Waals surface area contributed by atoms with Crippen LogP contribution in [0.1, 0.15) is 22.7 Å². The number of rotatable bonds is 3. The van der Waals surface area contributed by atoms with Crippen molar-refractivity contribution in [1.82, 2.24) is 0 Å². The molecule has 0 fully saturated rings. The first-order chi connectivity index (χ1) is 8.59. The van der Waals surface area contributed by atoms with Crippen molar-refractivity contribution in [3.8, 4) is 0 Å². The van der Waals surface area contributed by atoms with Gasteiger partial charge in [0.05, 0.1) is 0 Å². The predicted octanol–water partition coefficient (Wildman–Crippen LogP) is 4.65. The molecule has 0 amide bonds. The summed E-state index contributed by atoms with van der Waals surface area (Å²) >= 11 is 9.68. The van der Waals surface area contributed by atoms with E-state index >= 15 is 0 Å². The number of halogens is 2. The lowest BCUT2D eigenvalue weighted by molar-refractivity contribution is 0.715. The van der Waals surface area contributed by atoms with E-state index in [1.165, 1.54) is 5.56 Å². The average molecular weight is 325 g/mol. The molecule has 0 saturated carbocycles. The average Bonchev–Trinajstić information content (AvgIpc) is 2.35. The Hall–Kier alpha value is -0.830. The second kappa shape index (κ2) is 5.87. The first kappa shape index (κ1) is 13.6. The summed E-state index contributed by atoms with van der Waals surface area (Å²) in [5, 5.41) is 0.773. The third-order valence-electron chi connectivity index (χ3n) is 3.11. The van der Waals surface area contributed by atoms with Crippen LogP contribution in [0.4, 0.5) is 0 Å². The molecule has 0 aliphatic rings. The van der Waals surface area contributed by atoms with Gasteiger partial charge in [-0.2, -0.15) is 0 Å². The van der Waals surface area contributed by atoms with E-state index in [0.29, 0.717) is 0 Å². The molecule has 3 heteroatoms. The molecule has 2 aromatic carbocycles. The summed E-state index contributed by atoms with van der Waals surface area (Å²) in [6, 6.07) is 14.0. The number of nitrogens with two attached hydrogens (primary N) is 1. The summed E-state index contributed by atoms with van der Waals surface area (Å²) < 4.78 is 1.10. The highest BCUT2D eigenvalue weighted by Crippen LogP contribution is 2.27. The van der Waals surface area contributed by atoms with Crippen LogP contribution in [0.3, 0.4) is 0 Å². The normalized spacial score (nSPS) is 12.4. The van der Waals surface area contributed by atoms with Crippen LogP contribution >= 0.6 is 27.5 Å². The largest absolute Gasteiger partial charge is 0.324 e. The summed E-state index contributed by atoms with van der Waals surface area (Å²) in [4.78, 5) is 0. The molecule has 2 rings (SSSR count). The third-order valence-corrected chi connectivity index (χ3v) is 4.29. The monoisotopic (exact) mass is 323 g/mol. The van der Waals surface area contributed by atoms with Gasteiger partial charge in [-0.3, -0.25) is 0 Å². The van der Waals surface area contributed by atoms with Crippen molar-refractivity contribution in [2.45, 2.75) is 19.4 Å². The number of benzene rings is 2. The van der Waals surface area contributed by atoms with Crippen LogP contribution in [0.2, 0.25) is 5.02 Å². The van der Waals surface area contributed by atoms with E-state index in [9.17, 15) is 0 Å². The van der Waals surface area contributed by atoms with Gasteiger partial charge in [0.2, 0.25) is 0 Å². The fourth-order valence-electron chi connectivity index (χ4n) is 2.04. The Balaban J connectivity index is 2.25. The fourth-order valence-corrected chi connectivity index (χ4v) is 2.67. The quantitative estimate of drug-likeness (QED) is 0.873. The Morgan fingerprint density at radius 3 is 2.61 bits per heavy atom. The fraction of sp³-hybridized carbons (Fsp3) is 0.200. The van der Waals surface area contributed by atoms with Crippen molar-refractivity contribution in [2.24, 2.45) is 5.73 Å². The maximum atomic E-state index is 6.29. The summed E-state index contributed by atoms with van der Waals surface area (Å²) in [7, 11) is 0. The molecule has 2 aromatic rings. The highest BCUT2D eigenvalue weighted by atomic mass is 79.9. The zero-order chi connectivity index (χ0) is 13.1. The molecule has 18 heavy (non-hydrogen) atoms. The predicted molar refractivity (Wildman–Crippen MR) is 81.0 cm³/mol. The first-order valence-corrected chi connectivity index (χ1v) is 7.00. The van der Waals surface area contributed by atoms with E-state index in [0.717, 1.165) is 27.0 Å². The van der Waals surface area contributed by atoms with Crippen LogP contribution in [-0.2, 0) is 6.42 Å². The minimum atomic E-state index is -0.0394. The van der Waals surface area contributed by atoms with Crippen LogP contribution in [0, 0.1) is 6.92 Å². The lowest BCUT2D eigenvalue weighted by atomic mass is 9.96. The van der Waals surface area contributed by atoms with Crippen LogP contribution in [0.5, 0.6) is 0 Å². The van der Waals surface area contributed by atoms with Gasteiger partial charge in [-0.1, -0.05) is 57.9 Å². The minimum absolute atomic E-state index is 0.0394. The van der Waals surface area contributed by atoms with Gasteiger partial charge >= 0.3 is 0 Å².